The van der Waals surface area contributed by atoms with Crippen molar-refractivity contribution in [2.24, 2.45) is 11.0 Å². The van der Waals surface area contributed by atoms with Crippen LogP contribution in [0.25, 0.3) is 11.0 Å². The van der Waals surface area contributed by atoms with Gasteiger partial charge >= 0.3 is 0 Å². The Bertz CT molecular complexity index is 1090. The zero-order valence-corrected chi connectivity index (χ0v) is 15.0. The van der Waals surface area contributed by atoms with E-state index in [0.29, 0.717) is 16.9 Å². The predicted octanol–water partition coefficient (Wildman–Crippen LogP) is 3.67. The third-order valence-corrected chi connectivity index (χ3v) is 4.36. The molecule has 2 aromatic carbocycles. The Labute approximate surface area is 155 Å². The number of carbonyl (C=O) groups is 1. The van der Waals surface area contributed by atoms with E-state index in [2.05, 4.69) is 5.10 Å². The van der Waals surface area contributed by atoms with Gasteiger partial charge < -0.3 is 9.15 Å². The van der Waals surface area contributed by atoms with Crippen molar-refractivity contribution in [3.63, 3.8) is 0 Å². The number of ether oxygens (including phenoxy) is 1. The summed E-state index contributed by atoms with van der Waals surface area (Å²) in [6.45, 7) is 3.55. The highest BCUT2D eigenvalue weighted by atomic mass is 16.5. The summed E-state index contributed by atoms with van der Waals surface area (Å²) < 4.78 is 11.5. The molecule has 0 bridgehead atoms. The van der Waals surface area contributed by atoms with E-state index in [1.54, 1.807) is 38.1 Å². The lowest BCUT2D eigenvalue weighted by molar-refractivity contribution is -0.141. The van der Waals surface area contributed by atoms with Gasteiger partial charge in [0.1, 0.15) is 11.8 Å². The number of amides is 1. The van der Waals surface area contributed by atoms with Crippen LogP contribution in [0.5, 0.6) is 0 Å². The van der Waals surface area contributed by atoms with E-state index in [1.165, 1.54) is 11.3 Å². The van der Waals surface area contributed by atoms with Crippen molar-refractivity contribution in [3.05, 3.63) is 82.2 Å². The molecule has 0 radical (unpaired) electrons. The Morgan fingerprint density at radius 1 is 1.07 bits per heavy atom. The monoisotopic (exact) mass is 362 g/mol. The Morgan fingerprint density at radius 3 is 2.52 bits per heavy atom. The highest BCUT2D eigenvalue weighted by Gasteiger charge is 2.37. The van der Waals surface area contributed by atoms with Gasteiger partial charge in [0.15, 0.2) is 0 Å². The fourth-order valence-corrected chi connectivity index (χ4v) is 2.92. The second-order valence-corrected chi connectivity index (χ2v) is 6.60. The van der Waals surface area contributed by atoms with Crippen molar-refractivity contribution < 1.29 is 13.9 Å². The molecule has 1 aliphatic rings. The molecule has 1 amide bonds. The van der Waals surface area contributed by atoms with Gasteiger partial charge in [-0.25, -0.2) is 0 Å². The van der Waals surface area contributed by atoms with Crippen LogP contribution in [0.15, 0.2) is 75.2 Å². The van der Waals surface area contributed by atoms with Gasteiger partial charge in [0.2, 0.25) is 23.5 Å². The SMILES string of the molecule is CC(C)C(=O)N1N=C(c2ccccc2)OC1c1coc2ccccc2c1=O. The molecule has 6 heteroatoms. The minimum absolute atomic E-state index is 0.234. The average molecular weight is 362 g/mol. The second-order valence-electron chi connectivity index (χ2n) is 6.60. The van der Waals surface area contributed by atoms with Crippen molar-refractivity contribution in [2.45, 2.75) is 20.1 Å². The maximum atomic E-state index is 13.0. The Hall–Kier alpha value is -3.41. The molecule has 3 aromatic rings. The highest BCUT2D eigenvalue weighted by molar-refractivity contribution is 5.96. The van der Waals surface area contributed by atoms with Gasteiger partial charge in [0.25, 0.3) is 0 Å². The number of nitrogens with zero attached hydrogens (tertiary/aromatic N) is 2. The third kappa shape index (κ3) is 2.99. The van der Waals surface area contributed by atoms with Crippen LogP contribution in [0.2, 0.25) is 0 Å². The molecule has 0 saturated heterocycles. The number of para-hydroxylation sites is 1. The molecule has 4 rings (SSSR count). The molecule has 2 heterocycles. The van der Waals surface area contributed by atoms with Crippen LogP contribution < -0.4 is 5.43 Å². The standard InChI is InChI=1S/C21H18N2O4/c1-13(2)20(25)23-21(27-19(22-23)14-8-4-3-5-9-14)16-12-26-17-11-7-6-10-15(17)18(16)24/h3-13,21H,1-2H3. The predicted molar refractivity (Wildman–Crippen MR) is 101 cm³/mol. The largest absolute Gasteiger partial charge is 0.464 e. The molecule has 0 aliphatic carbocycles. The molecule has 0 saturated carbocycles. The summed E-state index contributed by atoms with van der Waals surface area (Å²) in [7, 11) is 0. The molecule has 1 aromatic heterocycles. The minimum atomic E-state index is -0.962. The molecule has 1 atom stereocenters. The first-order valence-corrected chi connectivity index (χ1v) is 8.70. The fourth-order valence-electron chi connectivity index (χ4n) is 2.92. The summed E-state index contributed by atoms with van der Waals surface area (Å²) in [5.41, 5.74) is 1.20. The molecule has 1 aliphatic heterocycles. The van der Waals surface area contributed by atoms with Crippen molar-refractivity contribution in [1.29, 1.82) is 0 Å². The molecule has 0 spiro atoms. The molecule has 1 unspecified atom stereocenters. The van der Waals surface area contributed by atoms with Gasteiger partial charge in [-0.2, -0.15) is 5.01 Å². The first-order chi connectivity index (χ1) is 13.1. The molecule has 6 nitrogen and oxygen atoms in total. The third-order valence-electron chi connectivity index (χ3n) is 4.36. The van der Waals surface area contributed by atoms with Crippen LogP contribution in [0.1, 0.15) is 31.2 Å². The minimum Gasteiger partial charge on any atom is -0.464 e. The Balaban J connectivity index is 1.81. The molecular formula is C21H18N2O4. The summed E-state index contributed by atoms with van der Waals surface area (Å²) >= 11 is 0. The Kier molecular flexibility index (Phi) is 4.24. The normalized spacial score (nSPS) is 16.5. The molecule has 136 valence electrons. The van der Waals surface area contributed by atoms with E-state index in [0.717, 1.165) is 5.56 Å². The fraction of sp³-hybridized carbons (Fsp3) is 0.190. The second kappa shape index (κ2) is 6.72. The number of hydrogen-bond acceptors (Lipinski definition) is 5. The number of hydrogen-bond donors (Lipinski definition) is 0. The quantitative estimate of drug-likeness (QED) is 0.713. The van der Waals surface area contributed by atoms with Crippen LogP contribution in [0.4, 0.5) is 0 Å². The maximum absolute atomic E-state index is 13.0. The topological polar surface area (TPSA) is 72.1 Å². The van der Waals surface area contributed by atoms with Gasteiger partial charge in [-0.3, -0.25) is 9.59 Å². The van der Waals surface area contributed by atoms with Crippen molar-refractivity contribution >= 4 is 22.8 Å². The van der Waals surface area contributed by atoms with Gasteiger partial charge in [-0.15, -0.1) is 5.10 Å². The van der Waals surface area contributed by atoms with Gasteiger partial charge in [-0.1, -0.05) is 44.2 Å². The molecule has 27 heavy (non-hydrogen) atoms. The average Bonchev–Trinajstić information content (AvgIpc) is 3.13. The van der Waals surface area contributed by atoms with Crippen LogP contribution in [0, 0.1) is 5.92 Å². The van der Waals surface area contributed by atoms with E-state index in [1.807, 2.05) is 30.3 Å². The zero-order valence-electron chi connectivity index (χ0n) is 15.0. The summed E-state index contributed by atoms with van der Waals surface area (Å²) in [6, 6.07) is 16.2. The van der Waals surface area contributed by atoms with Gasteiger partial charge in [0.05, 0.1) is 10.9 Å². The first-order valence-electron chi connectivity index (χ1n) is 8.70. The van der Waals surface area contributed by atoms with Crippen LogP contribution >= 0.6 is 0 Å². The van der Waals surface area contributed by atoms with Gasteiger partial charge in [0, 0.05) is 11.5 Å². The van der Waals surface area contributed by atoms with Crippen molar-refractivity contribution in [3.8, 4) is 0 Å². The molecular weight excluding hydrogens is 344 g/mol. The number of benzene rings is 2. The lowest BCUT2D eigenvalue weighted by atomic mass is 10.1. The van der Waals surface area contributed by atoms with E-state index in [-0.39, 0.29) is 22.8 Å². The van der Waals surface area contributed by atoms with E-state index in [9.17, 15) is 9.59 Å². The van der Waals surface area contributed by atoms with Crippen molar-refractivity contribution in [2.75, 3.05) is 0 Å². The summed E-state index contributed by atoms with van der Waals surface area (Å²) in [5.74, 6) is -0.247. The van der Waals surface area contributed by atoms with E-state index in [4.69, 9.17) is 9.15 Å². The smallest absolute Gasteiger partial charge is 0.248 e. The lowest BCUT2D eigenvalue weighted by Gasteiger charge is -2.21. The highest BCUT2D eigenvalue weighted by Crippen LogP contribution is 2.30. The first kappa shape index (κ1) is 17.0. The lowest BCUT2D eigenvalue weighted by Crippen LogP contribution is -2.33. The summed E-state index contributed by atoms with van der Waals surface area (Å²) in [6.07, 6.45) is 0.385. The number of carbonyl (C=O) groups excluding carboxylic acids is 1. The van der Waals surface area contributed by atoms with E-state index < -0.39 is 6.23 Å². The Morgan fingerprint density at radius 2 is 1.78 bits per heavy atom. The number of hydrazone groups is 1. The van der Waals surface area contributed by atoms with Crippen LogP contribution in [-0.2, 0) is 9.53 Å². The molecule has 0 N–H and O–H groups in total. The summed E-state index contributed by atoms with van der Waals surface area (Å²) in [4.78, 5) is 25.7. The zero-order chi connectivity index (χ0) is 19.0. The summed E-state index contributed by atoms with van der Waals surface area (Å²) in [5, 5.41) is 6.02. The van der Waals surface area contributed by atoms with Crippen LogP contribution in [-0.4, -0.2) is 16.8 Å². The van der Waals surface area contributed by atoms with Crippen LogP contribution in [0.3, 0.4) is 0 Å². The number of rotatable bonds is 3. The molecule has 0 fully saturated rings. The van der Waals surface area contributed by atoms with Gasteiger partial charge in [-0.05, 0) is 24.3 Å². The maximum Gasteiger partial charge on any atom is 0.248 e. The number of fused-ring (bicyclic) bond motifs is 1. The van der Waals surface area contributed by atoms with E-state index >= 15 is 0 Å². The van der Waals surface area contributed by atoms with Crippen molar-refractivity contribution in [1.82, 2.24) is 5.01 Å².